The average Bonchev–Trinajstić information content (AvgIpc) is 2.50. The zero-order valence-electron chi connectivity index (χ0n) is 15.0. The number of nitrogens with one attached hydrogen (secondary N) is 1. The van der Waals surface area contributed by atoms with Crippen LogP contribution in [-0.4, -0.2) is 30.4 Å². The number of amides is 1. The van der Waals surface area contributed by atoms with Gasteiger partial charge in [0.2, 0.25) is 5.91 Å². The van der Waals surface area contributed by atoms with E-state index in [4.69, 9.17) is 0 Å². The van der Waals surface area contributed by atoms with Gasteiger partial charge in [0, 0.05) is 32.3 Å². The largest absolute Gasteiger partial charge is 0.353 e. The van der Waals surface area contributed by atoms with Gasteiger partial charge >= 0.3 is 0 Å². The fourth-order valence-corrected chi connectivity index (χ4v) is 2.72. The fourth-order valence-electron chi connectivity index (χ4n) is 2.72. The molecule has 2 rings (SSSR count). The molecule has 1 heterocycles. The summed E-state index contributed by atoms with van der Waals surface area (Å²) >= 11 is 0. The molecule has 1 aliphatic heterocycles. The predicted molar refractivity (Wildman–Crippen MR) is 96.3 cm³/mol. The molecular weight excluding hydrogens is 284 g/mol. The summed E-state index contributed by atoms with van der Waals surface area (Å²) in [6, 6.07) is 8.70. The lowest BCUT2D eigenvalue weighted by atomic mass is 9.87. The van der Waals surface area contributed by atoms with Crippen molar-refractivity contribution in [3.8, 4) is 0 Å². The van der Waals surface area contributed by atoms with Crippen LogP contribution in [0.4, 0.5) is 0 Å². The lowest BCUT2D eigenvalue weighted by molar-refractivity contribution is -0.116. The minimum Gasteiger partial charge on any atom is -0.353 e. The molecule has 3 heteroatoms. The van der Waals surface area contributed by atoms with Gasteiger partial charge in [0.1, 0.15) is 0 Å². The van der Waals surface area contributed by atoms with Gasteiger partial charge in [-0.1, -0.05) is 50.6 Å². The zero-order valence-corrected chi connectivity index (χ0v) is 15.0. The fraction of sp³-hybridized carbons (Fsp3) is 0.550. The van der Waals surface area contributed by atoms with Crippen molar-refractivity contribution in [1.29, 1.82) is 0 Å². The number of carbonyl (C=O) groups is 1. The quantitative estimate of drug-likeness (QED) is 0.666. The molecule has 1 amide bonds. The molecule has 0 saturated heterocycles. The summed E-state index contributed by atoms with van der Waals surface area (Å²) in [4.78, 5) is 14.4. The van der Waals surface area contributed by atoms with E-state index in [2.05, 4.69) is 55.3 Å². The lowest BCUT2D eigenvalue weighted by Gasteiger charge is -2.28. The van der Waals surface area contributed by atoms with Crippen molar-refractivity contribution >= 4 is 5.91 Å². The first-order chi connectivity index (χ1) is 10.9. The molecule has 0 saturated carbocycles. The maximum atomic E-state index is 11.9. The number of allylic oxidation sites excluding steroid dienone is 1. The van der Waals surface area contributed by atoms with E-state index in [1.54, 1.807) is 6.08 Å². The first-order valence-corrected chi connectivity index (χ1v) is 8.62. The summed E-state index contributed by atoms with van der Waals surface area (Å²) in [6.07, 6.45) is 3.86. The van der Waals surface area contributed by atoms with Crippen LogP contribution in [0.2, 0.25) is 0 Å². The third-order valence-corrected chi connectivity index (χ3v) is 4.69. The maximum Gasteiger partial charge on any atom is 0.243 e. The Morgan fingerprint density at radius 3 is 2.65 bits per heavy atom. The number of rotatable bonds is 5. The molecule has 126 valence electrons. The molecule has 1 N–H and O–H groups in total. The average molecular weight is 314 g/mol. The van der Waals surface area contributed by atoms with Gasteiger partial charge in [-0.05, 0) is 36.3 Å². The second-order valence-corrected chi connectivity index (χ2v) is 7.52. The van der Waals surface area contributed by atoms with Gasteiger partial charge in [-0.15, -0.1) is 0 Å². The smallest absolute Gasteiger partial charge is 0.243 e. The molecule has 0 fully saturated rings. The highest BCUT2D eigenvalue weighted by Crippen LogP contribution is 2.23. The van der Waals surface area contributed by atoms with Crippen LogP contribution in [0, 0.1) is 5.41 Å². The summed E-state index contributed by atoms with van der Waals surface area (Å²) in [7, 11) is 0. The lowest BCUT2D eigenvalue weighted by Crippen LogP contribution is -2.33. The minimum absolute atomic E-state index is 0.0291. The number of carbonyl (C=O) groups excluding carboxylic acids is 1. The van der Waals surface area contributed by atoms with Crippen LogP contribution in [0.15, 0.2) is 35.9 Å². The molecule has 23 heavy (non-hydrogen) atoms. The van der Waals surface area contributed by atoms with Crippen LogP contribution in [0.1, 0.15) is 45.2 Å². The van der Waals surface area contributed by atoms with E-state index in [0.717, 1.165) is 44.6 Å². The Bertz CT molecular complexity index is 569. The molecule has 0 unspecified atom stereocenters. The van der Waals surface area contributed by atoms with Crippen molar-refractivity contribution in [1.82, 2.24) is 10.2 Å². The Balaban J connectivity index is 1.70. The monoisotopic (exact) mass is 314 g/mol. The van der Waals surface area contributed by atoms with Gasteiger partial charge in [-0.25, -0.2) is 0 Å². The Hall–Kier alpha value is -1.61. The predicted octanol–water partition coefficient (Wildman–Crippen LogP) is 3.54. The second-order valence-electron chi connectivity index (χ2n) is 7.52. The van der Waals surface area contributed by atoms with Crippen LogP contribution >= 0.6 is 0 Å². The molecule has 1 aliphatic rings. The third-order valence-electron chi connectivity index (χ3n) is 4.69. The highest BCUT2D eigenvalue weighted by atomic mass is 16.1. The van der Waals surface area contributed by atoms with Gasteiger partial charge < -0.3 is 5.32 Å². The Morgan fingerprint density at radius 1 is 1.26 bits per heavy atom. The molecule has 0 aliphatic carbocycles. The van der Waals surface area contributed by atoms with Crippen LogP contribution in [0.25, 0.3) is 0 Å². The molecule has 0 bridgehead atoms. The summed E-state index contributed by atoms with van der Waals surface area (Å²) in [5.41, 5.74) is 4.10. The highest BCUT2D eigenvalue weighted by molar-refractivity contribution is 5.88. The van der Waals surface area contributed by atoms with Gasteiger partial charge in [0.05, 0.1) is 0 Å². The standard InChI is InChI=1S/C20H30N2O/c1-16(20(2,3)4)14-19(23)21-11-7-12-22-13-10-17-8-5-6-9-18(17)15-22/h5-6,8-9,14H,7,10-13,15H2,1-4H3,(H,21,23)/b16-14+. The van der Waals surface area contributed by atoms with Crippen molar-refractivity contribution < 1.29 is 4.79 Å². The van der Waals surface area contributed by atoms with Crippen LogP contribution in [0.5, 0.6) is 0 Å². The summed E-state index contributed by atoms with van der Waals surface area (Å²) in [6.45, 7) is 12.3. The van der Waals surface area contributed by atoms with Gasteiger partial charge in [-0.2, -0.15) is 0 Å². The van der Waals surface area contributed by atoms with E-state index < -0.39 is 0 Å². The number of fused-ring (bicyclic) bond motifs is 1. The van der Waals surface area contributed by atoms with Crippen LogP contribution < -0.4 is 5.32 Å². The summed E-state index contributed by atoms with van der Waals surface area (Å²) < 4.78 is 0. The van der Waals surface area contributed by atoms with Gasteiger partial charge in [-0.3, -0.25) is 9.69 Å². The van der Waals surface area contributed by atoms with Crippen molar-refractivity contribution in [2.24, 2.45) is 5.41 Å². The molecule has 0 radical (unpaired) electrons. The van der Waals surface area contributed by atoms with Crippen molar-refractivity contribution in [2.75, 3.05) is 19.6 Å². The normalized spacial score (nSPS) is 16.1. The van der Waals surface area contributed by atoms with E-state index >= 15 is 0 Å². The first kappa shape index (κ1) is 17.7. The topological polar surface area (TPSA) is 32.3 Å². The SMILES string of the molecule is C/C(=C\C(=O)NCCCN1CCc2ccccc2C1)C(C)(C)C. The van der Waals surface area contributed by atoms with E-state index in [0.29, 0.717) is 0 Å². The minimum atomic E-state index is 0.0291. The molecule has 0 atom stereocenters. The molecular formula is C20H30N2O. The Morgan fingerprint density at radius 2 is 1.96 bits per heavy atom. The van der Waals surface area contributed by atoms with E-state index in [-0.39, 0.29) is 11.3 Å². The zero-order chi connectivity index (χ0) is 16.9. The Kier molecular flexibility index (Phi) is 6.00. The molecule has 3 nitrogen and oxygen atoms in total. The number of benzene rings is 1. The highest BCUT2D eigenvalue weighted by Gasteiger charge is 2.15. The first-order valence-electron chi connectivity index (χ1n) is 8.62. The van der Waals surface area contributed by atoms with E-state index in [1.165, 1.54) is 11.1 Å². The van der Waals surface area contributed by atoms with Crippen molar-refractivity contribution in [3.63, 3.8) is 0 Å². The van der Waals surface area contributed by atoms with Crippen molar-refractivity contribution in [3.05, 3.63) is 47.0 Å². The number of hydrogen-bond acceptors (Lipinski definition) is 2. The van der Waals surface area contributed by atoms with Crippen molar-refractivity contribution in [2.45, 2.75) is 47.1 Å². The summed E-state index contributed by atoms with van der Waals surface area (Å²) in [5.74, 6) is 0.0291. The second kappa shape index (κ2) is 7.78. The Labute approximate surface area is 140 Å². The molecule has 0 aromatic heterocycles. The van der Waals surface area contributed by atoms with E-state index in [9.17, 15) is 4.79 Å². The number of nitrogens with zero attached hydrogens (tertiary/aromatic N) is 1. The number of hydrogen-bond donors (Lipinski definition) is 1. The summed E-state index contributed by atoms with van der Waals surface area (Å²) in [5, 5.41) is 3.00. The van der Waals surface area contributed by atoms with Gasteiger partial charge in [0.25, 0.3) is 0 Å². The molecule has 0 spiro atoms. The van der Waals surface area contributed by atoms with E-state index in [1.807, 2.05) is 6.92 Å². The third kappa shape index (κ3) is 5.51. The van der Waals surface area contributed by atoms with Gasteiger partial charge in [0.15, 0.2) is 0 Å². The molecule has 1 aromatic carbocycles. The molecule has 1 aromatic rings. The van der Waals surface area contributed by atoms with Crippen LogP contribution in [-0.2, 0) is 17.8 Å². The maximum absolute atomic E-state index is 11.9. The van der Waals surface area contributed by atoms with Crippen LogP contribution in [0.3, 0.4) is 0 Å².